The predicted molar refractivity (Wildman–Crippen MR) is 82.0 cm³/mol. The van der Waals surface area contributed by atoms with E-state index < -0.39 is 0 Å². The van der Waals surface area contributed by atoms with Crippen molar-refractivity contribution in [2.24, 2.45) is 0 Å². The van der Waals surface area contributed by atoms with E-state index in [-0.39, 0.29) is 0 Å². The Bertz CT molecular complexity index is 729. The second-order valence-electron chi connectivity index (χ2n) is 4.44. The van der Waals surface area contributed by atoms with Crippen LogP contribution in [-0.4, -0.2) is 15.8 Å². The van der Waals surface area contributed by atoms with E-state index in [2.05, 4.69) is 40.1 Å². The molecule has 0 atom stereocenters. The molecule has 96 valence electrons. The fraction of sp³-hybridized carbons (Fsp3) is 0.133. The van der Waals surface area contributed by atoms with Gasteiger partial charge in [0.25, 0.3) is 0 Å². The molecule has 0 saturated heterocycles. The first-order valence-corrected chi connectivity index (χ1v) is 7.30. The highest BCUT2D eigenvalue weighted by atomic mass is 32.2. The van der Waals surface area contributed by atoms with Crippen LogP contribution in [0.15, 0.2) is 47.4 Å². The molecule has 2 N–H and O–H groups in total. The van der Waals surface area contributed by atoms with Crippen LogP contribution in [0.5, 0.6) is 0 Å². The predicted octanol–water partition coefficient (Wildman–Crippen LogP) is 3.64. The van der Waals surface area contributed by atoms with Crippen LogP contribution in [0.25, 0.3) is 16.7 Å². The highest BCUT2D eigenvalue weighted by molar-refractivity contribution is 7.98. The average molecular weight is 269 g/mol. The molecule has 0 bridgehead atoms. The Morgan fingerprint density at radius 2 is 1.84 bits per heavy atom. The molecule has 1 aromatic heterocycles. The van der Waals surface area contributed by atoms with Crippen LogP contribution < -0.4 is 5.73 Å². The summed E-state index contributed by atoms with van der Waals surface area (Å²) in [6.07, 6.45) is 2.08. The minimum Gasteiger partial charge on any atom is -0.399 e. The molecule has 0 aliphatic carbocycles. The Labute approximate surface area is 116 Å². The number of anilines is 1. The third-order valence-corrected chi connectivity index (χ3v) is 3.92. The molecule has 0 unspecified atom stereocenters. The van der Waals surface area contributed by atoms with Gasteiger partial charge in [0.05, 0.1) is 11.0 Å². The van der Waals surface area contributed by atoms with E-state index in [1.54, 1.807) is 11.8 Å². The second-order valence-corrected chi connectivity index (χ2v) is 5.32. The normalized spacial score (nSPS) is 11.1. The molecule has 19 heavy (non-hydrogen) atoms. The first kappa shape index (κ1) is 12.1. The molecule has 0 spiro atoms. The molecule has 3 rings (SSSR count). The van der Waals surface area contributed by atoms with Crippen LogP contribution in [0.3, 0.4) is 0 Å². The molecule has 0 saturated carbocycles. The van der Waals surface area contributed by atoms with Crippen molar-refractivity contribution < 1.29 is 0 Å². The maximum atomic E-state index is 5.81. The zero-order chi connectivity index (χ0) is 13.4. The van der Waals surface area contributed by atoms with Crippen LogP contribution in [0, 0.1) is 6.92 Å². The quantitative estimate of drug-likeness (QED) is 0.570. The molecule has 4 heteroatoms. The Balaban J connectivity index is 2.20. The maximum absolute atomic E-state index is 5.81. The van der Waals surface area contributed by atoms with Crippen molar-refractivity contribution in [3.8, 4) is 5.69 Å². The summed E-state index contributed by atoms with van der Waals surface area (Å²) in [5.41, 5.74) is 9.70. The number of fused-ring (bicyclic) bond motifs is 1. The number of benzene rings is 2. The van der Waals surface area contributed by atoms with E-state index in [1.165, 1.54) is 4.90 Å². The molecular weight excluding hydrogens is 254 g/mol. The molecule has 0 amide bonds. The van der Waals surface area contributed by atoms with Crippen LogP contribution in [-0.2, 0) is 0 Å². The molecule has 0 aliphatic heterocycles. The summed E-state index contributed by atoms with van der Waals surface area (Å²) in [7, 11) is 0. The van der Waals surface area contributed by atoms with Gasteiger partial charge in [-0.1, -0.05) is 0 Å². The Morgan fingerprint density at radius 1 is 1.11 bits per heavy atom. The van der Waals surface area contributed by atoms with Crippen molar-refractivity contribution >= 4 is 28.5 Å². The Kier molecular flexibility index (Phi) is 2.95. The van der Waals surface area contributed by atoms with Crippen LogP contribution >= 0.6 is 11.8 Å². The van der Waals surface area contributed by atoms with Crippen molar-refractivity contribution in [3.05, 3.63) is 48.3 Å². The minimum absolute atomic E-state index is 0.745. The molecule has 1 heterocycles. The summed E-state index contributed by atoms with van der Waals surface area (Å²) < 4.78 is 2.15. The lowest BCUT2D eigenvalue weighted by atomic mass is 10.2. The van der Waals surface area contributed by atoms with E-state index >= 15 is 0 Å². The summed E-state index contributed by atoms with van der Waals surface area (Å²) in [6.45, 7) is 2.01. The standard InChI is InChI=1S/C15H15N3S/c1-10-17-14-9-11(16)3-8-15(14)18(10)12-4-6-13(19-2)7-5-12/h3-9H,16H2,1-2H3. The first-order chi connectivity index (χ1) is 9.19. The fourth-order valence-corrected chi connectivity index (χ4v) is 2.68. The third kappa shape index (κ3) is 2.08. The molecule has 0 radical (unpaired) electrons. The highest BCUT2D eigenvalue weighted by Gasteiger charge is 2.09. The zero-order valence-corrected chi connectivity index (χ0v) is 11.7. The summed E-state index contributed by atoms with van der Waals surface area (Å²) in [5, 5.41) is 0. The van der Waals surface area contributed by atoms with Gasteiger partial charge in [-0.2, -0.15) is 0 Å². The van der Waals surface area contributed by atoms with Gasteiger partial charge in [0, 0.05) is 16.3 Å². The monoisotopic (exact) mass is 269 g/mol. The number of imidazole rings is 1. The minimum atomic E-state index is 0.745. The summed E-state index contributed by atoms with van der Waals surface area (Å²) in [4.78, 5) is 5.83. The zero-order valence-electron chi connectivity index (χ0n) is 10.9. The lowest BCUT2D eigenvalue weighted by molar-refractivity contribution is 0.999. The smallest absolute Gasteiger partial charge is 0.111 e. The topological polar surface area (TPSA) is 43.8 Å². The van der Waals surface area contributed by atoms with Gasteiger partial charge in [0.15, 0.2) is 0 Å². The van der Waals surface area contributed by atoms with Crippen LogP contribution in [0.1, 0.15) is 5.82 Å². The second kappa shape index (κ2) is 4.63. The first-order valence-electron chi connectivity index (χ1n) is 6.08. The molecule has 3 nitrogen and oxygen atoms in total. The lowest BCUT2D eigenvalue weighted by Crippen LogP contribution is -1.96. The summed E-state index contributed by atoms with van der Waals surface area (Å²) >= 11 is 1.74. The van der Waals surface area contributed by atoms with Crippen molar-refractivity contribution in [1.82, 2.24) is 9.55 Å². The number of hydrogen-bond donors (Lipinski definition) is 1. The van der Waals surface area contributed by atoms with E-state index in [0.717, 1.165) is 28.2 Å². The van der Waals surface area contributed by atoms with E-state index in [4.69, 9.17) is 5.73 Å². The molecule has 0 fully saturated rings. The van der Waals surface area contributed by atoms with Crippen molar-refractivity contribution in [1.29, 1.82) is 0 Å². The number of hydrogen-bond acceptors (Lipinski definition) is 3. The number of thioether (sulfide) groups is 1. The summed E-state index contributed by atoms with van der Waals surface area (Å²) in [5.74, 6) is 0.970. The van der Waals surface area contributed by atoms with Gasteiger partial charge < -0.3 is 5.73 Å². The average Bonchev–Trinajstić information content (AvgIpc) is 2.74. The van der Waals surface area contributed by atoms with Gasteiger partial charge in [-0.15, -0.1) is 11.8 Å². The number of nitrogen functional groups attached to an aromatic ring is 1. The van der Waals surface area contributed by atoms with Gasteiger partial charge in [-0.05, 0) is 55.6 Å². The Morgan fingerprint density at radius 3 is 2.53 bits per heavy atom. The Hall–Kier alpha value is -1.94. The van der Waals surface area contributed by atoms with Gasteiger partial charge in [0.2, 0.25) is 0 Å². The maximum Gasteiger partial charge on any atom is 0.111 e. The molecule has 2 aromatic carbocycles. The van der Waals surface area contributed by atoms with Gasteiger partial charge in [0.1, 0.15) is 5.82 Å². The van der Waals surface area contributed by atoms with Crippen LogP contribution in [0.2, 0.25) is 0 Å². The van der Waals surface area contributed by atoms with Crippen LogP contribution in [0.4, 0.5) is 5.69 Å². The largest absolute Gasteiger partial charge is 0.399 e. The van der Waals surface area contributed by atoms with Gasteiger partial charge >= 0.3 is 0 Å². The molecular formula is C15H15N3S. The fourth-order valence-electron chi connectivity index (χ4n) is 2.27. The van der Waals surface area contributed by atoms with E-state index in [0.29, 0.717) is 0 Å². The number of aromatic nitrogens is 2. The van der Waals surface area contributed by atoms with Crippen molar-refractivity contribution in [2.45, 2.75) is 11.8 Å². The number of nitrogens with two attached hydrogens (primary N) is 1. The lowest BCUT2D eigenvalue weighted by Gasteiger charge is -2.07. The van der Waals surface area contributed by atoms with Crippen molar-refractivity contribution in [2.75, 3.05) is 12.0 Å². The molecule has 0 aliphatic rings. The number of aryl methyl sites for hydroxylation is 1. The SMILES string of the molecule is CSc1ccc(-n2c(C)nc3cc(N)ccc32)cc1. The summed E-state index contributed by atoms with van der Waals surface area (Å²) in [6, 6.07) is 14.3. The number of nitrogens with zero attached hydrogens (tertiary/aromatic N) is 2. The van der Waals surface area contributed by atoms with E-state index in [1.807, 2.05) is 25.1 Å². The van der Waals surface area contributed by atoms with E-state index in [9.17, 15) is 0 Å². The highest BCUT2D eigenvalue weighted by Crippen LogP contribution is 2.24. The number of rotatable bonds is 2. The third-order valence-electron chi connectivity index (χ3n) is 3.18. The molecule has 3 aromatic rings. The van der Waals surface area contributed by atoms with Gasteiger partial charge in [-0.25, -0.2) is 4.98 Å². The van der Waals surface area contributed by atoms with Crippen molar-refractivity contribution in [3.63, 3.8) is 0 Å². The van der Waals surface area contributed by atoms with Gasteiger partial charge in [-0.3, -0.25) is 4.57 Å².